The van der Waals surface area contributed by atoms with Gasteiger partial charge in [-0.25, -0.2) is 8.78 Å². The standard InChI is InChI=1S/C14H12ClF4N/c1-20-12(14(18,19)13(16)17)10-6-7-11(15)9-5-3-2-4-8(9)10/h2-7,12-13,20H,1H3. The summed E-state index contributed by atoms with van der Waals surface area (Å²) in [7, 11) is 1.23. The summed E-state index contributed by atoms with van der Waals surface area (Å²) in [5.74, 6) is -4.18. The number of rotatable bonds is 4. The second kappa shape index (κ2) is 5.58. The zero-order chi connectivity index (χ0) is 14.9. The van der Waals surface area contributed by atoms with Gasteiger partial charge in [-0.1, -0.05) is 41.9 Å². The Kier molecular flexibility index (Phi) is 4.20. The summed E-state index contributed by atoms with van der Waals surface area (Å²) in [5.41, 5.74) is 0.0952. The molecule has 0 radical (unpaired) electrons. The zero-order valence-electron chi connectivity index (χ0n) is 10.5. The van der Waals surface area contributed by atoms with Gasteiger partial charge in [0.05, 0.1) is 0 Å². The summed E-state index contributed by atoms with van der Waals surface area (Å²) in [4.78, 5) is 0. The number of hydrogen-bond donors (Lipinski definition) is 1. The van der Waals surface area contributed by atoms with Crippen LogP contribution in [0.4, 0.5) is 17.6 Å². The van der Waals surface area contributed by atoms with Crippen molar-refractivity contribution in [3.05, 3.63) is 47.0 Å². The van der Waals surface area contributed by atoms with E-state index >= 15 is 0 Å². The Balaban J connectivity index is 2.65. The molecule has 108 valence electrons. The van der Waals surface area contributed by atoms with Crippen LogP contribution in [0, 0.1) is 0 Å². The van der Waals surface area contributed by atoms with Gasteiger partial charge >= 0.3 is 12.3 Å². The molecule has 0 aliphatic heterocycles. The minimum absolute atomic E-state index is 0.0952. The van der Waals surface area contributed by atoms with Gasteiger partial charge in [0.1, 0.15) is 6.04 Å². The van der Waals surface area contributed by atoms with Crippen LogP contribution in [0.2, 0.25) is 5.02 Å². The summed E-state index contributed by atoms with van der Waals surface area (Å²) in [5, 5.41) is 3.65. The molecule has 1 atom stereocenters. The summed E-state index contributed by atoms with van der Waals surface area (Å²) in [6.07, 6.45) is -3.76. The molecular formula is C14H12ClF4N. The van der Waals surface area contributed by atoms with Crippen molar-refractivity contribution >= 4 is 22.4 Å². The number of hydrogen-bond acceptors (Lipinski definition) is 1. The van der Waals surface area contributed by atoms with Crippen LogP contribution in [0.25, 0.3) is 10.8 Å². The SMILES string of the molecule is CNC(c1ccc(Cl)c2ccccc12)C(F)(F)C(F)F. The van der Waals surface area contributed by atoms with Gasteiger partial charge in [-0.2, -0.15) is 8.78 Å². The molecule has 20 heavy (non-hydrogen) atoms. The highest BCUT2D eigenvalue weighted by Crippen LogP contribution is 2.40. The van der Waals surface area contributed by atoms with Gasteiger partial charge < -0.3 is 5.32 Å². The molecule has 0 saturated heterocycles. The molecule has 0 heterocycles. The first-order chi connectivity index (χ1) is 9.39. The number of fused-ring (bicyclic) bond motifs is 1. The highest BCUT2D eigenvalue weighted by molar-refractivity contribution is 6.35. The molecule has 1 unspecified atom stereocenters. The third-order valence-electron chi connectivity index (χ3n) is 3.18. The van der Waals surface area contributed by atoms with Crippen molar-refractivity contribution in [1.29, 1.82) is 0 Å². The molecule has 2 aromatic rings. The summed E-state index contributed by atoms with van der Waals surface area (Å²) >= 11 is 6.00. The van der Waals surface area contributed by atoms with Crippen LogP contribution >= 0.6 is 11.6 Å². The number of nitrogens with one attached hydrogen (secondary N) is 1. The molecule has 0 amide bonds. The molecule has 2 aromatic carbocycles. The van der Waals surface area contributed by atoms with Crippen LogP contribution < -0.4 is 5.32 Å². The molecule has 0 saturated carbocycles. The maximum Gasteiger partial charge on any atom is 0.326 e. The van der Waals surface area contributed by atoms with Gasteiger partial charge in [0, 0.05) is 10.4 Å². The summed E-state index contributed by atoms with van der Waals surface area (Å²) < 4.78 is 52.6. The molecule has 0 aliphatic carbocycles. The fraction of sp³-hybridized carbons (Fsp3) is 0.286. The Bertz CT molecular complexity index is 615. The van der Waals surface area contributed by atoms with E-state index in [2.05, 4.69) is 5.32 Å². The first kappa shape index (κ1) is 15.1. The average molecular weight is 306 g/mol. The Labute approximate surface area is 118 Å². The Morgan fingerprint density at radius 3 is 2.20 bits per heavy atom. The van der Waals surface area contributed by atoms with Crippen molar-refractivity contribution in [2.45, 2.75) is 18.4 Å². The van der Waals surface area contributed by atoms with Gasteiger partial charge in [-0.15, -0.1) is 0 Å². The lowest BCUT2D eigenvalue weighted by Gasteiger charge is -2.27. The van der Waals surface area contributed by atoms with Crippen molar-refractivity contribution in [2.24, 2.45) is 0 Å². The maximum atomic E-state index is 13.7. The second-order valence-corrected chi connectivity index (χ2v) is 4.79. The fourth-order valence-electron chi connectivity index (χ4n) is 2.22. The topological polar surface area (TPSA) is 12.0 Å². The van der Waals surface area contributed by atoms with E-state index < -0.39 is 18.4 Å². The van der Waals surface area contributed by atoms with E-state index in [1.165, 1.54) is 19.2 Å². The van der Waals surface area contributed by atoms with Gasteiger partial charge in [0.2, 0.25) is 0 Å². The van der Waals surface area contributed by atoms with Crippen LogP contribution in [-0.4, -0.2) is 19.4 Å². The molecule has 6 heteroatoms. The van der Waals surface area contributed by atoms with Gasteiger partial charge in [0.25, 0.3) is 0 Å². The van der Waals surface area contributed by atoms with E-state index in [-0.39, 0.29) is 5.56 Å². The first-order valence-corrected chi connectivity index (χ1v) is 6.27. The number of alkyl halides is 4. The zero-order valence-corrected chi connectivity index (χ0v) is 11.3. The summed E-state index contributed by atoms with van der Waals surface area (Å²) in [6, 6.07) is 7.60. The van der Waals surface area contributed by atoms with Crippen molar-refractivity contribution in [1.82, 2.24) is 5.32 Å². The van der Waals surface area contributed by atoms with Gasteiger partial charge in [-0.05, 0) is 24.1 Å². The van der Waals surface area contributed by atoms with Crippen LogP contribution in [0.3, 0.4) is 0 Å². The maximum absolute atomic E-state index is 13.7. The molecule has 0 aliphatic rings. The fourth-order valence-corrected chi connectivity index (χ4v) is 2.45. The first-order valence-electron chi connectivity index (χ1n) is 5.90. The third-order valence-corrected chi connectivity index (χ3v) is 3.51. The number of benzene rings is 2. The van der Waals surface area contributed by atoms with E-state index in [4.69, 9.17) is 11.6 Å². The molecule has 0 aromatic heterocycles. The van der Waals surface area contributed by atoms with E-state index in [1.54, 1.807) is 24.3 Å². The predicted octanol–water partition coefficient (Wildman–Crippen LogP) is 4.65. The Morgan fingerprint density at radius 1 is 1.05 bits per heavy atom. The van der Waals surface area contributed by atoms with Crippen molar-refractivity contribution in [3.63, 3.8) is 0 Å². The van der Waals surface area contributed by atoms with Crippen LogP contribution in [0.5, 0.6) is 0 Å². The van der Waals surface area contributed by atoms with Crippen molar-refractivity contribution in [3.8, 4) is 0 Å². The van der Waals surface area contributed by atoms with Crippen LogP contribution in [0.1, 0.15) is 11.6 Å². The van der Waals surface area contributed by atoms with Crippen molar-refractivity contribution in [2.75, 3.05) is 7.05 Å². The molecule has 1 N–H and O–H groups in total. The van der Waals surface area contributed by atoms with Crippen LogP contribution in [0.15, 0.2) is 36.4 Å². The monoisotopic (exact) mass is 305 g/mol. The average Bonchev–Trinajstić information content (AvgIpc) is 2.42. The largest absolute Gasteiger partial charge is 0.326 e. The smallest absolute Gasteiger partial charge is 0.308 e. The molecule has 1 nitrogen and oxygen atoms in total. The third kappa shape index (κ3) is 2.47. The molecule has 0 bridgehead atoms. The Hall–Kier alpha value is -1.33. The highest BCUT2D eigenvalue weighted by atomic mass is 35.5. The second-order valence-electron chi connectivity index (χ2n) is 4.38. The lowest BCUT2D eigenvalue weighted by Crippen LogP contribution is -2.41. The minimum Gasteiger partial charge on any atom is -0.308 e. The highest BCUT2D eigenvalue weighted by Gasteiger charge is 2.49. The lowest BCUT2D eigenvalue weighted by atomic mass is 9.95. The van der Waals surface area contributed by atoms with Gasteiger partial charge in [0.15, 0.2) is 0 Å². The quantitative estimate of drug-likeness (QED) is 0.811. The van der Waals surface area contributed by atoms with E-state index in [0.29, 0.717) is 15.8 Å². The molecule has 0 spiro atoms. The Morgan fingerprint density at radius 2 is 1.65 bits per heavy atom. The molecule has 2 rings (SSSR count). The summed E-state index contributed by atoms with van der Waals surface area (Å²) in [6.45, 7) is 0. The number of halogens is 5. The van der Waals surface area contributed by atoms with Crippen molar-refractivity contribution < 1.29 is 17.6 Å². The van der Waals surface area contributed by atoms with E-state index in [0.717, 1.165) is 0 Å². The predicted molar refractivity (Wildman–Crippen MR) is 71.7 cm³/mol. The molecule has 0 fully saturated rings. The minimum atomic E-state index is -4.18. The normalized spacial score (nSPS) is 13.9. The van der Waals surface area contributed by atoms with E-state index in [1.807, 2.05) is 0 Å². The lowest BCUT2D eigenvalue weighted by molar-refractivity contribution is -0.150. The van der Waals surface area contributed by atoms with Crippen LogP contribution in [-0.2, 0) is 0 Å². The van der Waals surface area contributed by atoms with Gasteiger partial charge in [-0.3, -0.25) is 0 Å². The van der Waals surface area contributed by atoms with E-state index in [9.17, 15) is 17.6 Å². The molecular weight excluding hydrogens is 294 g/mol.